The van der Waals surface area contributed by atoms with Crippen molar-refractivity contribution < 1.29 is 9.59 Å². The van der Waals surface area contributed by atoms with Gasteiger partial charge in [0.2, 0.25) is 5.91 Å². The average Bonchev–Trinajstić information content (AvgIpc) is 3.46. The summed E-state index contributed by atoms with van der Waals surface area (Å²) in [5, 5.41) is 5.67. The van der Waals surface area contributed by atoms with Gasteiger partial charge in [0.1, 0.15) is 0 Å². The minimum absolute atomic E-state index is 0.229. The highest BCUT2D eigenvalue weighted by molar-refractivity contribution is 6.18. The molecule has 0 bridgehead atoms. The van der Waals surface area contributed by atoms with E-state index in [2.05, 4.69) is 32.1 Å². The highest BCUT2D eigenvalue weighted by atomic mass is 35.5. The van der Waals surface area contributed by atoms with E-state index < -0.39 is 0 Å². The molecule has 0 radical (unpaired) electrons. The first-order chi connectivity index (χ1) is 17.4. The van der Waals surface area contributed by atoms with Gasteiger partial charge in [0, 0.05) is 55.0 Å². The molecular weight excluding hydrogens is 499 g/mol. The zero-order valence-corrected chi connectivity index (χ0v) is 21.2. The fraction of sp³-hybridized carbons (Fsp3) is 0.192. The second kappa shape index (κ2) is 11.3. The van der Waals surface area contributed by atoms with E-state index >= 15 is 0 Å². The van der Waals surface area contributed by atoms with Crippen LogP contribution in [0.1, 0.15) is 10.4 Å². The van der Waals surface area contributed by atoms with Gasteiger partial charge in [0.15, 0.2) is 5.82 Å². The molecule has 186 valence electrons. The lowest BCUT2D eigenvalue weighted by Crippen LogP contribution is -2.27. The second-order valence-electron chi connectivity index (χ2n) is 8.10. The summed E-state index contributed by atoms with van der Waals surface area (Å²) in [5.74, 6) is 1.12. The SMILES string of the molecule is C=CC(=O)Nc1cc(-c2nc3ccc(C(=O)Nc4ccc(N(CCCl)CCCl)cc4)cc3[nH]2)n(C)c1. The lowest BCUT2D eigenvalue weighted by atomic mass is 10.2. The number of nitrogens with one attached hydrogen (secondary N) is 3. The molecular formula is C26H26Cl2N6O2. The molecule has 2 heterocycles. The zero-order chi connectivity index (χ0) is 25.7. The molecule has 0 saturated carbocycles. The maximum atomic E-state index is 12.9. The lowest BCUT2D eigenvalue weighted by Gasteiger charge is -2.23. The first-order valence-electron chi connectivity index (χ1n) is 11.3. The number of amides is 2. The second-order valence-corrected chi connectivity index (χ2v) is 8.86. The number of H-pyrrole nitrogens is 1. The Morgan fingerprint density at radius 2 is 1.78 bits per heavy atom. The van der Waals surface area contributed by atoms with Crippen molar-refractivity contribution >= 4 is 63.1 Å². The molecule has 0 saturated heterocycles. The van der Waals surface area contributed by atoms with E-state index in [1.165, 1.54) is 6.08 Å². The van der Waals surface area contributed by atoms with Gasteiger partial charge in [-0.1, -0.05) is 6.58 Å². The Balaban J connectivity index is 1.50. The van der Waals surface area contributed by atoms with Gasteiger partial charge in [-0.2, -0.15) is 0 Å². The summed E-state index contributed by atoms with van der Waals surface area (Å²) in [7, 11) is 1.86. The Hall–Kier alpha value is -3.75. The molecule has 3 N–H and O–H groups in total. The minimum atomic E-state index is -0.287. The molecule has 2 aromatic carbocycles. The number of carbonyl (C=O) groups excluding carboxylic acids is 2. The first-order valence-corrected chi connectivity index (χ1v) is 12.4. The summed E-state index contributed by atoms with van der Waals surface area (Å²) in [5.41, 5.74) is 5.05. The highest BCUT2D eigenvalue weighted by Crippen LogP contribution is 2.25. The van der Waals surface area contributed by atoms with Crippen LogP contribution in [0.3, 0.4) is 0 Å². The number of imidazole rings is 1. The molecule has 4 rings (SSSR count). The number of hydrogen-bond donors (Lipinski definition) is 3. The molecule has 2 aromatic heterocycles. The predicted molar refractivity (Wildman–Crippen MR) is 147 cm³/mol. The average molecular weight is 525 g/mol. The molecule has 10 heteroatoms. The zero-order valence-electron chi connectivity index (χ0n) is 19.7. The summed E-state index contributed by atoms with van der Waals surface area (Å²) < 4.78 is 1.86. The highest BCUT2D eigenvalue weighted by Gasteiger charge is 2.14. The van der Waals surface area contributed by atoms with Crippen LogP contribution in [-0.4, -0.2) is 51.2 Å². The van der Waals surface area contributed by atoms with Gasteiger partial charge < -0.3 is 25.1 Å². The fourth-order valence-electron chi connectivity index (χ4n) is 3.87. The van der Waals surface area contributed by atoms with Crippen LogP contribution in [0.4, 0.5) is 17.1 Å². The summed E-state index contributed by atoms with van der Waals surface area (Å²) in [4.78, 5) is 34.5. The number of nitrogens with zero attached hydrogens (tertiary/aromatic N) is 3. The van der Waals surface area contributed by atoms with E-state index in [-0.39, 0.29) is 11.8 Å². The monoisotopic (exact) mass is 524 g/mol. The fourth-order valence-corrected chi connectivity index (χ4v) is 4.27. The van der Waals surface area contributed by atoms with E-state index in [1.807, 2.05) is 41.9 Å². The molecule has 0 aliphatic rings. The Morgan fingerprint density at radius 1 is 1.06 bits per heavy atom. The van der Waals surface area contributed by atoms with Crippen molar-refractivity contribution in [2.24, 2.45) is 7.05 Å². The van der Waals surface area contributed by atoms with Crippen LogP contribution >= 0.6 is 23.2 Å². The Bertz CT molecular complexity index is 1390. The molecule has 36 heavy (non-hydrogen) atoms. The summed E-state index contributed by atoms with van der Waals surface area (Å²) in [6, 6.07) is 14.7. The number of rotatable bonds is 10. The molecule has 0 aliphatic heterocycles. The standard InChI is InChI=1S/C26H26Cl2N6O2/c1-3-24(35)29-19-15-23(33(2)16-19)25-31-21-9-4-17(14-22(21)32-25)26(36)30-18-5-7-20(8-6-18)34(12-10-27)13-11-28/h3-9,14-16H,1,10-13H2,2H3,(H,29,35)(H,30,36)(H,31,32). The van der Waals surface area contributed by atoms with Crippen LogP contribution in [0.25, 0.3) is 22.6 Å². The molecule has 0 atom stereocenters. The minimum Gasteiger partial charge on any atom is -0.369 e. The molecule has 8 nitrogen and oxygen atoms in total. The van der Waals surface area contributed by atoms with Gasteiger partial charge in [0.05, 0.1) is 22.4 Å². The number of benzene rings is 2. The number of anilines is 3. The summed E-state index contributed by atoms with van der Waals surface area (Å²) >= 11 is 11.8. The normalized spacial score (nSPS) is 10.9. The van der Waals surface area contributed by atoms with E-state index in [4.69, 9.17) is 23.2 Å². The number of alkyl halides is 2. The smallest absolute Gasteiger partial charge is 0.255 e. The van der Waals surface area contributed by atoms with Crippen LogP contribution < -0.4 is 15.5 Å². The Kier molecular flexibility index (Phi) is 7.97. The van der Waals surface area contributed by atoms with Gasteiger partial charge in [-0.15, -0.1) is 23.2 Å². The summed E-state index contributed by atoms with van der Waals surface area (Å²) in [6.07, 6.45) is 3.01. The van der Waals surface area contributed by atoms with Crippen molar-refractivity contribution in [2.75, 3.05) is 40.4 Å². The topological polar surface area (TPSA) is 95.1 Å². The number of aromatic nitrogens is 3. The number of halogens is 2. The van der Waals surface area contributed by atoms with Crippen LogP contribution in [-0.2, 0) is 11.8 Å². The van der Waals surface area contributed by atoms with Gasteiger partial charge >= 0.3 is 0 Å². The molecule has 0 aliphatic carbocycles. The third kappa shape index (κ3) is 5.72. The Labute approximate surface area is 218 Å². The van der Waals surface area contributed by atoms with Crippen molar-refractivity contribution in [2.45, 2.75) is 0 Å². The van der Waals surface area contributed by atoms with Crippen LogP contribution in [0, 0.1) is 0 Å². The van der Waals surface area contributed by atoms with Gasteiger partial charge in [-0.05, 0) is 54.6 Å². The number of fused-ring (bicyclic) bond motifs is 1. The van der Waals surface area contributed by atoms with Crippen molar-refractivity contribution in [1.82, 2.24) is 14.5 Å². The third-order valence-corrected chi connectivity index (χ3v) is 5.98. The van der Waals surface area contributed by atoms with E-state index in [1.54, 1.807) is 24.4 Å². The first kappa shape index (κ1) is 25.3. The van der Waals surface area contributed by atoms with Crippen molar-refractivity contribution in [1.29, 1.82) is 0 Å². The van der Waals surface area contributed by atoms with Gasteiger partial charge in [-0.3, -0.25) is 9.59 Å². The number of carbonyl (C=O) groups is 2. The molecule has 0 spiro atoms. The third-order valence-electron chi connectivity index (χ3n) is 5.64. The quantitative estimate of drug-likeness (QED) is 0.195. The van der Waals surface area contributed by atoms with E-state index in [9.17, 15) is 9.59 Å². The van der Waals surface area contributed by atoms with Crippen LogP contribution in [0.5, 0.6) is 0 Å². The van der Waals surface area contributed by atoms with Crippen molar-refractivity contribution in [3.63, 3.8) is 0 Å². The molecule has 0 fully saturated rings. The maximum Gasteiger partial charge on any atom is 0.255 e. The van der Waals surface area contributed by atoms with Crippen molar-refractivity contribution in [3.05, 3.63) is 72.9 Å². The van der Waals surface area contributed by atoms with Crippen molar-refractivity contribution in [3.8, 4) is 11.5 Å². The number of aryl methyl sites for hydroxylation is 1. The maximum absolute atomic E-state index is 12.9. The molecule has 2 amide bonds. The summed E-state index contributed by atoms with van der Waals surface area (Å²) in [6.45, 7) is 4.85. The molecule has 0 unspecified atom stereocenters. The van der Waals surface area contributed by atoms with E-state index in [0.29, 0.717) is 47.6 Å². The number of aromatic amines is 1. The lowest BCUT2D eigenvalue weighted by molar-refractivity contribution is -0.111. The van der Waals surface area contributed by atoms with Crippen LogP contribution in [0.15, 0.2) is 67.4 Å². The van der Waals surface area contributed by atoms with Gasteiger partial charge in [-0.25, -0.2) is 4.98 Å². The predicted octanol–water partition coefficient (Wildman–Crippen LogP) is 5.23. The molecule has 4 aromatic rings. The van der Waals surface area contributed by atoms with Crippen LogP contribution in [0.2, 0.25) is 0 Å². The van der Waals surface area contributed by atoms with E-state index in [0.717, 1.165) is 22.4 Å². The largest absolute Gasteiger partial charge is 0.369 e. The van der Waals surface area contributed by atoms with Gasteiger partial charge in [0.25, 0.3) is 5.91 Å². The Morgan fingerprint density at radius 3 is 2.44 bits per heavy atom. The number of hydrogen-bond acceptors (Lipinski definition) is 4.